The van der Waals surface area contributed by atoms with Crippen molar-refractivity contribution in [3.63, 3.8) is 0 Å². The number of carboxylic acids is 1. The average Bonchev–Trinajstić information content (AvgIpc) is 2.23. The smallest absolute Gasteiger partial charge is 0.321 e. The number of hydrogen-bond acceptors (Lipinski definition) is 3. The fourth-order valence-electron chi connectivity index (χ4n) is 1.02. The highest BCUT2D eigenvalue weighted by Gasteiger charge is 2.39. The molecule has 0 spiro atoms. The summed E-state index contributed by atoms with van der Waals surface area (Å²) in [6.07, 6.45) is 0.785. The van der Waals surface area contributed by atoms with Crippen LogP contribution in [0.3, 0.4) is 0 Å². The first-order chi connectivity index (χ1) is 7.25. The molecule has 0 aromatic carbocycles. The molecule has 2 atom stereocenters. The predicted molar refractivity (Wildman–Crippen MR) is 62.6 cm³/mol. The van der Waals surface area contributed by atoms with Crippen LogP contribution in [0.1, 0.15) is 34.1 Å². The quantitative estimate of drug-likeness (QED) is 0.718. The highest BCUT2D eigenvalue weighted by atomic mass is 32.2. The topological polar surface area (TPSA) is 83.5 Å². The van der Waals surface area contributed by atoms with Crippen molar-refractivity contribution in [1.29, 1.82) is 0 Å². The van der Waals surface area contributed by atoms with Crippen LogP contribution in [0.4, 0.5) is 0 Å². The van der Waals surface area contributed by atoms with Gasteiger partial charge in [0, 0.05) is 6.54 Å². The Kier molecular flexibility index (Phi) is 5.64. The minimum absolute atomic E-state index is 0.366. The number of carboxylic acid groups (broad SMARTS) is 1. The molecular weight excluding hydrogens is 230 g/mol. The predicted octanol–water partition coefficient (Wildman–Crippen LogP) is 0.513. The van der Waals surface area contributed by atoms with E-state index < -0.39 is 26.8 Å². The van der Waals surface area contributed by atoms with E-state index in [-0.39, 0.29) is 5.91 Å². The highest BCUT2D eigenvalue weighted by Crippen LogP contribution is 2.17. The molecule has 5 nitrogen and oxygen atoms in total. The molecule has 2 N–H and O–H groups in total. The van der Waals surface area contributed by atoms with Crippen LogP contribution in [0.15, 0.2) is 0 Å². The molecule has 94 valence electrons. The van der Waals surface area contributed by atoms with Crippen molar-refractivity contribution < 1.29 is 18.9 Å². The zero-order chi connectivity index (χ0) is 12.9. The molecule has 1 amide bonds. The third kappa shape index (κ3) is 3.59. The fraction of sp³-hybridized carbons (Fsp3) is 0.800. The molecule has 0 saturated carbocycles. The van der Waals surface area contributed by atoms with Gasteiger partial charge in [-0.05, 0) is 27.2 Å². The van der Waals surface area contributed by atoms with Crippen molar-refractivity contribution >= 4 is 22.7 Å². The zero-order valence-electron chi connectivity index (χ0n) is 10.1. The number of carbonyl (C=O) groups excluding carboxylic acids is 1. The normalized spacial score (nSPS) is 15.2. The fourth-order valence-corrected chi connectivity index (χ4v) is 2.35. The highest BCUT2D eigenvalue weighted by molar-refractivity contribution is 7.88. The van der Waals surface area contributed by atoms with Crippen molar-refractivity contribution in [2.24, 2.45) is 0 Å². The van der Waals surface area contributed by atoms with Gasteiger partial charge in [-0.1, -0.05) is 6.92 Å². The lowest BCUT2D eigenvalue weighted by Gasteiger charge is -2.22. The maximum Gasteiger partial charge on any atom is 0.321 e. The average molecular weight is 249 g/mol. The van der Waals surface area contributed by atoms with Crippen LogP contribution in [-0.2, 0) is 20.4 Å². The van der Waals surface area contributed by atoms with Crippen molar-refractivity contribution in [3.8, 4) is 0 Å². The number of aliphatic carboxylic acids is 1. The van der Waals surface area contributed by atoms with Gasteiger partial charge in [0.2, 0.25) is 5.91 Å². The van der Waals surface area contributed by atoms with Gasteiger partial charge in [-0.25, -0.2) is 0 Å². The number of amides is 1. The van der Waals surface area contributed by atoms with E-state index in [2.05, 4.69) is 5.32 Å². The first-order valence-electron chi connectivity index (χ1n) is 5.17. The second-order valence-corrected chi connectivity index (χ2v) is 6.37. The van der Waals surface area contributed by atoms with Gasteiger partial charge in [0.05, 0.1) is 10.8 Å². The summed E-state index contributed by atoms with van der Waals surface area (Å²) >= 11 is 0. The van der Waals surface area contributed by atoms with Crippen LogP contribution in [0.2, 0.25) is 0 Å². The molecule has 0 saturated heterocycles. The lowest BCUT2D eigenvalue weighted by molar-refractivity contribution is -0.139. The van der Waals surface area contributed by atoms with Crippen molar-refractivity contribution in [2.45, 2.75) is 44.1 Å². The van der Waals surface area contributed by atoms with E-state index in [1.165, 1.54) is 20.8 Å². The van der Waals surface area contributed by atoms with Gasteiger partial charge in [-0.2, -0.15) is 0 Å². The third-order valence-corrected chi connectivity index (χ3v) is 4.29. The molecule has 0 aliphatic rings. The molecule has 0 aliphatic carbocycles. The van der Waals surface area contributed by atoms with Gasteiger partial charge in [0.1, 0.15) is 10.00 Å². The van der Waals surface area contributed by atoms with Crippen LogP contribution in [-0.4, -0.2) is 37.7 Å². The van der Waals surface area contributed by atoms with Crippen LogP contribution < -0.4 is 5.32 Å². The Morgan fingerprint density at radius 3 is 2.31 bits per heavy atom. The standard InChI is InChI=1S/C10H19NO4S/c1-5-6-11-8(12)7(2)16(15)10(3,4)9(13)14/h7H,5-6H2,1-4H3,(H,11,12)(H,13,14). The van der Waals surface area contributed by atoms with E-state index >= 15 is 0 Å². The summed E-state index contributed by atoms with van der Waals surface area (Å²) in [5.74, 6) is -1.53. The summed E-state index contributed by atoms with van der Waals surface area (Å²) in [5, 5.41) is 10.7. The van der Waals surface area contributed by atoms with Gasteiger partial charge in [0.25, 0.3) is 0 Å². The Labute approximate surface area is 98.1 Å². The Balaban J connectivity index is 4.61. The van der Waals surface area contributed by atoms with E-state index in [0.717, 1.165) is 6.42 Å². The van der Waals surface area contributed by atoms with Crippen LogP contribution in [0.25, 0.3) is 0 Å². The molecular formula is C10H19NO4S. The van der Waals surface area contributed by atoms with Crippen molar-refractivity contribution in [2.75, 3.05) is 6.54 Å². The van der Waals surface area contributed by atoms with E-state index in [0.29, 0.717) is 6.54 Å². The van der Waals surface area contributed by atoms with E-state index in [4.69, 9.17) is 5.11 Å². The molecule has 16 heavy (non-hydrogen) atoms. The summed E-state index contributed by atoms with van der Waals surface area (Å²) < 4.78 is 10.5. The number of carbonyl (C=O) groups is 2. The molecule has 0 rings (SSSR count). The molecule has 2 unspecified atom stereocenters. The van der Waals surface area contributed by atoms with E-state index in [1.807, 2.05) is 6.92 Å². The molecule has 0 aromatic rings. The third-order valence-electron chi connectivity index (χ3n) is 2.26. The molecule has 0 heterocycles. The molecule has 0 aromatic heterocycles. The van der Waals surface area contributed by atoms with Crippen LogP contribution in [0, 0.1) is 0 Å². The van der Waals surface area contributed by atoms with E-state index in [1.54, 1.807) is 0 Å². The SMILES string of the molecule is CCCNC(=O)C(C)S(=O)C(C)(C)C(=O)O. The summed E-state index contributed by atoms with van der Waals surface area (Å²) in [5.41, 5.74) is 0. The number of hydrogen-bond donors (Lipinski definition) is 2. The van der Waals surface area contributed by atoms with Gasteiger partial charge < -0.3 is 10.4 Å². The number of nitrogens with one attached hydrogen (secondary N) is 1. The minimum Gasteiger partial charge on any atom is -0.480 e. The monoisotopic (exact) mass is 249 g/mol. The summed E-state index contributed by atoms with van der Waals surface area (Å²) in [7, 11) is -1.75. The van der Waals surface area contributed by atoms with E-state index in [9.17, 15) is 13.8 Å². The minimum atomic E-state index is -1.75. The maximum absolute atomic E-state index is 11.9. The second kappa shape index (κ2) is 5.98. The molecule has 0 fully saturated rings. The Morgan fingerprint density at radius 1 is 1.44 bits per heavy atom. The lowest BCUT2D eigenvalue weighted by atomic mass is 10.2. The first kappa shape index (κ1) is 15.1. The molecule has 6 heteroatoms. The first-order valence-corrected chi connectivity index (χ1v) is 6.38. The lowest BCUT2D eigenvalue weighted by Crippen LogP contribution is -2.46. The summed E-state index contributed by atoms with van der Waals surface area (Å²) in [6.45, 7) is 6.60. The zero-order valence-corrected chi connectivity index (χ0v) is 10.9. The maximum atomic E-state index is 11.9. The Hall–Kier alpha value is -0.910. The van der Waals surface area contributed by atoms with Crippen LogP contribution >= 0.6 is 0 Å². The van der Waals surface area contributed by atoms with Gasteiger partial charge >= 0.3 is 5.97 Å². The molecule has 0 radical (unpaired) electrons. The molecule has 0 aliphatic heterocycles. The van der Waals surface area contributed by atoms with Crippen molar-refractivity contribution in [3.05, 3.63) is 0 Å². The number of rotatable bonds is 6. The largest absolute Gasteiger partial charge is 0.480 e. The van der Waals surface area contributed by atoms with Gasteiger partial charge in [-0.15, -0.1) is 0 Å². The van der Waals surface area contributed by atoms with Gasteiger partial charge in [0.15, 0.2) is 0 Å². The van der Waals surface area contributed by atoms with Crippen LogP contribution in [0.5, 0.6) is 0 Å². The Morgan fingerprint density at radius 2 is 1.94 bits per heavy atom. The van der Waals surface area contributed by atoms with Gasteiger partial charge in [-0.3, -0.25) is 13.8 Å². The second-order valence-electron chi connectivity index (χ2n) is 4.05. The Bertz CT molecular complexity index is 301. The summed E-state index contributed by atoms with van der Waals surface area (Å²) in [4.78, 5) is 22.4. The molecule has 0 bridgehead atoms. The van der Waals surface area contributed by atoms with Crippen molar-refractivity contribution in [1.82, 2.24) is 5.32 Å². The summed E-state index contributed by atoms with van der Waals surface area (Å²) in [6, 6.07) is 0.